The first-order chi connectivity index (χ1) is 10.1. The molecular formula is C17H19BrN2O. The van der Waals surface area contributed by atoms with Crippen LogP contribution in [-0.4, -0.2) is 5.91 Å². The van der Waals surface area contributed by atoms with Gasteiger partial charge in [-0.3, -0.25) is 4.79 Å². The first kappa shape index (κ1) is 15.6. The first-order valence-electron chi connectivity index (χ1n) is 7.05. The lowest BCUT2D eigenvalue weighted by atomic mass is 10.1. The highest BCUT2D eigenvalue weighted by Gasteiger charge is 2.08. The lowest BCUT2D eigenvalue weighted by Gasteiger charge is -2.08. The molecule has 3 nitrogen and oxygen atoms in total. The highest BCUT2D eigenvalue weighted by Crippen LogP contribution is 2.19. The Balaban J connectivity index is 2.05. The zero-order valence-corrected chi connectivity index (χ0v) is 13.6. The lowest BCUT2D eigenvalue weighted by Crippen LogP contribution is -2.12. The van der Waals surface area contributed by atoms with Crippen LogP contribution in [-0.2, 0) is 6.42 Å². The van der Waals surface area contributed by atoms with Crippen molar-refractivity contribution in [2.45, 2.75) is 26.2 Å². The van der Waals surface area contributed by atoms with Gasteiger partial charge >= 0.3 is 0 Å². The van der Waals surface area contributed by atoms with Crippen LogP contribution in [0.5, 0.6) is 0 Å². The van der Waals surface area contributed by atoms with Crippen LogP contribution in [0.1, 0.15) is 35.7 Å². The Kier molecular flexibility index (Phi) is 5.39. The minimum absolute atomic E-state index is 0.163. The topological polar surface area (TPSA) is 55.1 Å². The number of anilines is 2. The van der Waals surface area contributed by atoms with Gasteiger partial charge in [-0.25, -0.2) is 0 Å². The van der Waals surface area contributed by atoms with Crippen LogP contribution >= 0.6 is 15.9 Å². The summed E-state index contributed by atoms with van der Waals surface area (Å²) in [7, 11) is 0. The molecule has 110 valence electrons. The number of nitrogens with two attached hydrogens (primary N) is 1. The molecular weight excluding hydrogens is 328 g/mol. The monoisotopic (exact) mass is 346 g/mol. The number of hydrogen-bond donors (Lipinski definition) is 2. The minimum atomic E-state index is -0.163. The van der Waals surface area contributed by atoms with Crippen molar-refractivity contribution in [1.29, 1.82) is 0 Å². The van der Waals surface area contributed by atoms with Crippen molar-refractivity contribution >= 4 is 33.2 Å². The van der Waals surface area contributed by atoms with E-state index in [2.05, 4.69) is 40.3 Å². The normalized spacial score (nSPS) is 10.4. The van der Waals surface area contributed by atoms with E-state index >= 15 is 0 Å². The summed E-state index contributed by atoms with van der Waals surface area (Å²) in [4.78, 5) is 12.2. The summed E-state index contributed by atoms with van der Waals surface area (Å²) in [6.45, 7) is 2.18. The van der Waals surface area contributed by atoms with Crippen LogP contribution in [0.2, 0.25) is 0 Å². The quantitative estimate of drug-likeness (QED) is 0.775. The highest BCUT2D eigenvalue weighted by atomic mass is 79.9. The van der Waals surface area contributed by atoms with Crippen LogP contribution in [0.15, 0.2) is 46.9 Å². The Bertz CT molecular complexity index is 603. The van der Waals surface area contributed by atoms with Gasteiger partial charge in [0.05, 0.1) is 0 Å². The molecule has 2 aromatic rings. The van der Waals surface area contributed by atoms with Gasteiger partial charge in [-0.2, -0.15) is 0 Å². The summed E-state index contributed by atoms with van der Waals surface area (Å²) < 4.78 is 0.794. The summed E-state index contributed by atoms with van der Waals surface area (Å²) in [6.07, 6.45) is 3.44. The molecule has 3 N–H and O–H groups in total. The van der Waals surface area contributed by atoms with E-state index in [1.54, 1.807) is 18.2 Å². The van der Waals surface area contributed by atoms with E-state index in [1.165, 1.54) is 18.4 Å². The van der Waals surface area contributed by atoms with E-state index in [-0.39, 0.29) is 5.91 Å². The van der Waals surface area contributed by atoms with Gasteiger partial charge in [0.2, 0.25) is 0 Å². The van der Waals surface area contributed by atoms with Crippen LogP contribution in [0.4, 0.5) is 11.4 Å². The Labute approximate surface area is 133 Å². The maximum atomic E-state index is 12.2. The predicted molar refractivity (Wildman–Crippen MR) is 91.6 cm³/mol. The Morgan fingerprint density at radius 3 is 2.52 bits per heavy atom. The lowest BCUT2D eigenvalue weighted by molar-refractivity contribution is 0.102. The summed E-state index contributed by atoms with van der Waals surface area (Å²) in [5.74, 6) is -0.163. The molecule has 0 aromatic heterocycles. The van der Waals surface area contributed by atoms with Gasteiger partial charge in [0.15, 0.2) is 0 Å². The Morgan fingerprint density at radius 1 is 1.19 bits per heavy atom. The number of hydrogen-bond acceptors (Lipinski definition) is 2. The number of unbranched alkanes of at least 4 members (excludes halogenated alkanes) is 1. The molecule has 0 aliphatic rings. The number of nitrogens with one attached hydrogen (secondary N) is 1. The second-order valence-electron chi connectivity index (χ2n) is 5.03. The van der Waals surface area contributed by atoms with Crippen molar-refractivity contribution < 1.29 is 4.79 Å². The third-order valence-electron chi connectivity index (χ3n) is 3.21. The Morgan fingerprint density at radius 2 is 1.90 bits per heavy atom. The van der Waals surface area contributed by atoms with Crippen LogP contribution < -0.4 is 11.1 Å². The zero-order chi connectivity index (χ0) is 15.2. The molecule has 0 saturated heterocycles. The third kappa shape index (κ3) is 4.60. The molecule has 0 aliphatic carbocycles. The fourth-order valence-electron chi connectivity index (χ4n) is 2.08. The third-order valence-corrected chi connectivity index (χ3v) is 3.67. The molecule has 0 unspecified atom stereocenters. The molecule has 0 radical (unpaired) electrons. The van der Waals surface area contributed by atoms with Crippen LogP contribution in [0.25, 0.3) is 0 Å². The van der Waals surface area contributed by atoms with Crippen LogP contribution in [0.3, 0.4) is 0 Å². The second-order valence-corrected chi connectivity index (χ2v) is 5.94. The molecule has 0 aliphatic heterocycles. The molecule has 2 rings (SSSR count). The van der Waals surface area contributed by atoms with Gasteiger partial charge in [0, 0.05) is 21.4 Å². The van der Waals surface area contributed by atoms with E-state index in [9.17, 15) is 4.79 Å². The van der Waals surface area contributed by atoms with Gasteiger partial charge in [-0.05, 0) is 48.7 Å². The number of carbonyl (C=O) groups is 1. The van der Waals surface area contributed by atoms with Gasteiger partial charge < -0.3 is 11.1 Å². The minimum Gasteiger partial charge on any atom is -0.399 e. The number of halogens is 1. The van der Waals surface area contributed by atoms with Crippen molar-refractivity contribution in [3.8, 4) is 0 Å². The smallest absolute Gasteiger partial charge is 0.255 e. The molecule has 4 heteroatoms. The van der Waals surface area contributed by atoms with Crippen molar-refractivity contribution in [2.24, 2.45) is 0 Å². The standard InChI is InChI=1S/C17H19BrN2O/c1-2-3-4-12-5-7-16(8-6-12)20-17(21)13-9-14(18)11-15(19)10-13/h5-11H,2-4,19H2,1H3,(H,20,21). The molecule has 0 saturated carbocycles. The van der Waals surface area contributed by atoms with E-state index < -0.39 is 0 Å². The molecule has 0 fully saturated rings. The van der Waals surface area contributed by atoms with Crippen molar-refractivity contribution in [3.05, 3.63) is 58.1 Å². The van der Waals surface area contributed by atoms with Crippen molar-refractivity contribution in [2.75, 3.05) is 11.1 Å². The average molecular weight is 347 g/mol. The van der Waals surface area contributed by atoms with Crippen molar-refractivity contribution in [3.63, 3.8) is 0 Å². The summed E-state index contributed by atoms with van der Waals surface area (Å²) in [5.41, 5.74) is 8.93. The number of carbonyl (C=O) groups excluding carboxylic acids is 1. The molecule has 0 bridgehead atoms. The van der Waals surface area contributed by atoms with E-state index in [0.717, 1.165) is 16.6 Å². The predicted octanol–water partition coefficient (Wildman–Crippen LogP) is 4.63. The average Bonchev–Trinajstić information content (AvgIpc) is 2.45. The number of rotatable bonds is 5. The summed E-state index contributed by atoms with van der Waals surface area (Å²) >= 11 is 3.34. The van der Waals surface area contributed by atoms with E-state index in [4.69, 9.17) is 5.73 Å². The number of amides is 1. The second kappa shape index (κ2) is 7.27. The van der Waals surface area contributed by atoms with Gasteiger partial charge in [-0.15, -0.1) is 0 Å². The van der Waals surface area contributed by atoms with Crippen molar-refractivity contribution in [1.82, 2.24) is 0 Å². The van der Waals surface area contributed by atoms with E-state index in [1.807, 2.05) is 12.1 Å². The fraction of sp³-hybridized carbons (Fsp3) is 0.235. The Hall–Kier alpha value is -1.81. The SMILES string of the molecule is CCCCc1ccc(NC(=O)c2cc(N)cc(Br)c2)cc1. The highest BCUT2D eigenvalue weighted by molar-refractivity contribution is 9.10. The van der Waals surface area contributed by atoms with Crippen LogP contribution in [0, 0.1) is 0 Å². The van der Waals surface area contributed by atoms with Gasteiger partial charge in [-0.1, -0.05) is 41.4 Å². The fourth-order valence-corrected chi connectivity index (χ4v) is 2.59. The zero-order valence-electron chi connectivity index (χ0n) is 12.0. The maximum absolute atomic E-state index is 12.2. The number of aryl methyl sites for hydroxylation is 1. The molecule has 1 amide bonds. The van der Waals surface area contributed by atoms with Gasteiger partial charge in [0.25, 0.3) is 5.91 Å². The first-order valence-corrected chi connectivity index (χ1v) is 7.84. The molecule has 2 aromatic carbocycles. The van der Waals surface area contributed by atoms with Gasteiger partial charge in [0.1, 0.15) is 0 Å². The molecule has 21 heavy (non-hydrogen) atoms. The number of benzene rings is 2. The maximum Gasteiger partial charge on any atom is 0.255 e. The van der Waals surface area contributed by atoms with E-state index in [0.29, 0.717) is 11.3 Å². The number of nitrogen functional groups attached to an aromatic ring is 1. The summed E-state index contributed by atoms with van der Waals surface area (Å²) in [5, 5.41) is 2.88. The largest absolute Gasteiger partial charge is 0.399 e. The molecule has 0 heterocycles. The summed E-state index contributed by atoms with van der Waals surface area (Å²) in [6, 6.07) is 13.2. The molecule has 0 spiro atoms. The molecule has 0 atom stereocenters.